The van der Waals surface area contributed by atoms with Crippen molar-refractivity contribution in [1.29, 1.82) is 0 Å². The van der Waals surface area contributed by atoms with Gasteiger partial charge in [-0.15, -0.1) is 57.1 Å². The van der Waals surface area contributed by atoms with Crippen LogP contribution in [0.25, 0.3) is 0 Å². The molecule has 0 radical (unpaired) electrons. The Morgan fingerprint density at radius 2 is 1.38 bits per heavy atom. The topological polar surface area (TPSA) is 91.3 Å². The largest absolute Gasteiger partial charge is 0.373 e. The van der Waals surface area contributed by atoms with Crippen molar-refractivity contribution in [3.63, 3.8) is 0 Å². The number of benzene rings is 1. The van der Waals surface area contributed by atoms with E-state index in [1.165, 1.54) is 39.6 Å². The summed E-state index contributed by atoms with van der Waals surface area (Å²) in [5, 5.41) is 11.3. The zero-order chi connectivity index (χ0) is 44.9. The van der Waals surface area contributed by atoms with Crippen LogP contribution in [0.5, 0.6) is 0 Å². The third kappa shape index (κ3) is 17.7. The molecule has 3 aromatic rings. The number of hydrogen-bond donors (Lipinski definition) is 1. The SMILES string of the molecule is C.CCOC(C)C(=O)C#CC(C)(C)C.CCOC(C)C(=O)c1sc(=S)sc1C(C)(C)C.CCOC(C)C1(O)OC(C)(C)c2sc(=S)sc21.S=C1SCC(c2ccccc2)S1. The molecule has 2 aliphatic heterocycles. The van der Waals surface area contributed by atoms with Gasteiger partial charge >= 0.3 is 0 Å². The molecular weight excluding hydrogens is 929 g/mol. The lowest BCUT2D eigenvalue weighted by Crippen LogP contribution is -2.40. The van der Waals surface area contributed by atoms with Crippen molar-refractivity contribution in [2.75, 3.05) is 25.6 Å². The number of aliphatic hydroxyl groups is 1. The summed E-state index contributed by atoms with van der Waals surface area (Å²) in [6, 6.07) is 10.6. The molecule has 7 nitrogen and oxygen atoms in total. The Hall–Kier alpha value is -0.750. The van der Waals surface area contributed by atoms with Crippen LogP contribution in [-0.4, -0.2) is 64.1 Å². The molecule has 1 saturated heterocycles. The molecule has 5 rings (SSSR count). The maximum atomic E-state index is 12.3. The van der Waals surface area contributed by atoms with Crippen molar-refractivity contribution in [2.24, 2.45) is 5.41 Å². The monoisotopic (exact) mass is 992 g/mol. The van der Waals surface area contributed by atoms with Crippen molar-refractivity contribution in [1.82, 2.24) is 0 Å². The second-order valence-corrected chi connectivity index (χ2v) is 25.8. The Morgan fingerprint density at radius 1 is 0.850 bits per heavy atom. The molecule has 16 heteroatoms. The Morgan fingerprint density at radius 3 is 1.88 bits per heavy atom. The van der Waals surface area contributed by atoms with Crippen LogP contribution in [0, 0.1) is 23.5 Å². The van der Waals surface area contributed by atoms with Crippen molar-refractivity contribution in [2.45, 2.75) is 145 Å². The predicted molar refractivity (Wildman–Crippen MR) is 271 cm³/mol. The average Bonchev–Trinajstić information content (AvgIpc) is 3.92. The first-order valence-corrected chi connectivity index (χ1v) is 25.7. The quantitative estimate of drug-likeness (QED) is 0.0858. The predicted octanol–water partition coefficient (Wildman–Crippen LogP) is 14.0. The van der Waals surface area contributed by atoms with Gasteiger partial charge in [-0.2, -0.15) is 0 Å². The normalized spacial score (nSPS) is 19.2. The summed E-state index contributed by atoms with van der Waals surface area (Å²) in [6.07, 6.45) is -1.20. The van der Waals surface area contributed by atoms with Crippen molar-refractivity contribution in [3.05, 3.63) is 61.7 Å². The van der Waals surface area contributed by atoms with Crippen LogP contribution in [0.1, 0.15) is 139 Å². The van der Waals surface area contributed by atoms with Gasteiger partial charge in [0.25, 0.3) is 0 Å². The van der Waals surface area contributed by atoms with Gasteiger partial charge in [-0.05, 0) is 93.1 Å². The van der Waals surface area contributed by atoms with Crippen LogP contribution in [-0.2, 0) is 40.5 Å². The minimum Gasteiger partial charge on any atom is -0.373 e. The van der Waals surface area contributed by atoms with Gasteiger partial charge in [-0.1, -0.05) is 113 Å². The Labute approximate surface area is 400 Å². The molecule has 60 heavy (non-hydrogen) atoms. The fourth-order valence-corrected chi connectivity index (χ4v) is 14.0. The van der Waals surface area contributed by atoms with E-state index in [0.29, 0.717) is 25.1 Å². The number of thioether (sulfide) groups is 2. The van der Waals surface area contributed by atoms with E-state index in [9.17, 15) is 14.7 Å². The van der Waals surface area contributed by atoms with E-state index in [2.05, 4.69) is 62.9 Å². The molecule has 2 aliphatic rings. The summed E-state index contributed by atoms with van der Waals surface area (Å²) in [4.78, 5) is 27.2. The summed E-state index contributed by atoms with van der Waals surface area (Å²) >= 11 is 25.0. The third-order valence-electron chi connectivity index (χ3n) is 8.20. The van der Waals surface area contributed by atoms with E-state index < -0.39 is 23.6 Å². The third-order valence-corrected chi connectivity index (χ3v) is 17.5. The molecule has 336 valence electrons. The van der Waals surface area contributed by atoms with Crippen molar-refractivity contribution < 1.29 is 33.6 Å². The molecule has 0 bridgehead atoms. The molecule has 4 heterocycles. The van der Waals surface area contributed by atoms with E-state index in [1.807, 2.05) is 74.1 Å². The first-order valence-electron chi connectivity index (χ1n) is 19.4. The average molecular weight is 994 g/mol. The van der Waals surface area contributed by atoms with E-state index in [-0.39, 0.29) is 35.9 Å². The van der Waals surface area contributed by atoms with Gasteiger partial charge in [0.15, 0.2) is 0 Å². The highest BCUT2D eigenvalue weighted by Gasteiger charge is 2.54. The van der Waals surface area contributed by atoms with Gasteiger partial charge in [0.2, 0.25) is 17.4 Å². The van der Waals surface area contributed by atoms with Gasteiger partial charge in [0.05, 0.1) is 14.6 Å². The Balaban J connectivity index is 0.000000402. The van der Waals surface area contributed by atoms with E-state index in [1.54, 1.807) is 36.9 Å². The number of carbonyl (C=O) groups excluding carboxylic acids is 2. The second-order valence-electron chi connectivity index (χ2n) is 15.9. The van der Waals surface area contributed by atoms with Crippen LogP contribution >= 0.6 is 106 Å². The van der Waals surface area contributed by atoms with Gasteiger partial charge in [0.1, 0.15) is 33.7 Å². The smallest absolute Gasteiger partial charge is 0.233 e. The summed E-state index contributed by atoms with van der Waals surface area (Å²) in [5.41, 5.74) is 0.722. The van der Waals surface area contributed by atoms with Gasteiger partial charge in [-0.3, -0.25) is 9.59 Å². The molecular formula is C44H64O7S9. The Kier molecular flexibility index (Phi) is 24.5. The minimum atomic E-state index is -1.37. The molecule has 0 aliphatic carbocycles. The number of ketones is 2. The lowest BCUT2D eigenvalue weighted by atomic mass is 9.93. The molecule has 2 aromatic heterocycles. The standard InChI is InChI=1S/C12H18O2S3.C11H16O3S3.C11H18O2.C9H8S3.CH4/c1-6-14-7(2)8(13)9-10(12(3,4)5)17-11(15)16-9;1-5-13-6(2)11(12)8-7(10(3,4)14-11)16-9(15)17-8;1-6-13-9(2)10(12)7-8-11(3,4)5;10-9-11-6-8(12-9)7-4-2-1-3-5-7;/h7H,6H2,1-5H3;6,12H,5H2,1-4H3;9H,6H2,1-5H3;1-5,8H,6H2;1H4. The first kappa shape index (κ1) is 57.3. The number of rotatable bonds is 11. The summed E-state index contributed by atoms with van der Waals surface area (Å²) in [6.45, 7) is 28.7. The number of fused-ring (bicyclic) bond motifs is 1. The highest BCUT2D eigenvalue weighted by Crippen LogP contribution is 2.53. The zero-order valence-electron chi connectivity index (χ0n) is 36.6. The number of Topliss-reactive ketones (excluding diaryl/α,β-unsaturated/α-hetero) is 2. The maximum Gasteiger partial charge on any atom is 0.233 e. The highest BCUT2D eigenvalue weighted by atomic mass is 32.2. The van der Waals surface area contributed by atoms with Crippen LogP contribution < -0.4 is 0 Å². The molecule has 5 unspecified atom stereocenters. The molecule has 5 atom stereocenters. The van der Waals surface area contributed by atoms with Crippen molar-refractivity contribution >= 4 is 121 Å². The van der Waals surface area contributed by atoms with Gasteiger partial charge in [0, 0.05) is 41.1 Å². The lowest BCUT2D eigenvalue weighted by Gasteiger charge is -2.31. The van der Waals surface area contributed by atoms with Crippen LogP contribution in [0.4, 0.5) is 0 Å². The first-order chi connectivity index (χ1) is 27.3. The van der Waals surface area contributed by atoms with E-state index >= 15 is 0 Å². The van der Waals surface area contributed by atoms with Crippen molar-refractivity contribution in [3.8, 4) is 11.8 Å². The molecule has 1 fully saturated rings. The molecule has 0 amide bonds. The fraction of sp³-hybridized carbons (Fsp3) is 0.614. The van der Waals surface area contributed by atoms with Crippen LogP contribution in [0.3, 0.4) is 0 Å². The lowest BCUT2D eigenvalue weighted by molar-refractivity contribution is -0.296. The van der Waals surface area contributed by atoms with E-state index in [4.69, 9.17) is 55.6 Å². The summed E-state index contributed by atoms with van der Waals surface area (Å²) < 4.78 is 24.5. The maximum absolute atomic E-state index is 12.3. The molecule has 1 aromatic carbocycles. The number of hydrogen-bond acceptors (Lipinski definition) is 16. The molecule has 0 spiro atoms. The zero-order valence-corrected chi connectivity index (χ0v) is 43.9. The fourth-order valence-electron chi connectivity index (χ4n) is 5.31. The summed E-state index contributed by atoms with van der Waals surface area (Å²) in [7, 11) is 0. The van der Waals surface area contributed by atoms with Crippen LogP contribution in [0.2, 0.25) is 0 Å². The number of ether oxygens (including phenoxy) is 4. The second kappa shape index (κ2) is 25.7. The van der Waals surface area contributed by atoms with E-state index in [0.717, 1.165) is 35.1 Å². The highest BCUT2D eigenvalue weighted by molar-refractivity contribution is 8.49. The molecule has 0 saturated carbocycles. The number of carbonyl (C=O) groups is 2. The van der Waals surface area contributed by atoms with Gasteiger partial charge in [-0.25, -0.2) is 0 Å². The van der Waals surface area contributed by atoms with Crippen LogP contribution in [0.15, 0.2) is 30.3 Å². The number of thiocarbonyl (C=S) groups is 1. The summed E-state index contributed by atoms with van der Waals surface area (Å²) in [5.74, 6) is 5.15. The van der Waals surface area contributed by atoms with Gasteiger partial charge < -0.3 is 24.1 Å². The minimum absolute atomic E-state index is 0. The molecule has 1 N–H and O–H groups in total. The Bertz CT molecular complexity index is 2010.